The van der Waals surface area contributed by atoms with Gasteiger partial charge in [0, 0.05) is 24.0 Å². The van der Waals surface area contributed by atoms with E-state index in [1.54, 1.807) is 27.7 Å². The second kappa shape index (κ2) is 9.82. The van der Waals surface area contributed by atoms with Gasteiger partial charge in [-0.1, -0.05) is 17.8 Å². The molecule has 0 bridgehead atoms. The van der Waals surface area contributed by atoms with E-state index < -0.39 is 17.6 Å². The monoisotopic (exact) mass is 370 g/mol. The Morgan fingerprint density at radius 3 is 2.76 bits per heavy atom. The van der Waals surface area contributed by atoms with Gasteiger partial charge in [0.2, 0.25) is 0 Å². The van der Waals surface area contributed by atoms with E-state index in [9.17, 15) is 9.59 Å². The van der Waals surface area contributed by atoms with Gasteiger partial charge >= 0.3 is 6.09 Å². The summed E-state index contributed by atoms with van der Waals surface area (Å²) >= 11 is 1.20. The van der Waals surface area contributed by atoms with Gasteiger partial charge in [0.05, 0.1) is 0 Å². The van der Waals surface area contributed by atoms with Gasteiger partial charge in [-0.15, -0.1) is 0 Å². The Labute approximate surface area is 154 Å². The molecule has 0 aliphatic carbocycles. The van der Waals surface area contributed by atoms with Crippen molar-refractivity contribution in [3.8, 4) is 0 Å². The molecule has 25 heavy (non-hydrogen) atoms. The first-order valence-electron chi connectivity index (χ1n) is 8.48. The molecule has 1 rings (SSSR count). The van der Waals surface area contributed by atoms with E-state index in [2.05, 4.69) is 21.6 Å². The van der Waals surface area contributed by atoms with Crippen LogP contribution >= 0.6 is 11.8 Å². The highest BCUT2D eigenvalue weighted by Gasteiger charge is 2.19. The van der Waals surface area contributed by atoms with Gasteiger partial charge in [-0.05, 0) is 54.1 Å². The third-order valence-corrected chi connectivity index (χ3v) is 4.26. The molecule has 0 saturated carbocycles. The molecule has 1 aliphatic heterocycles. The maximum absolute atomic E-state index is 12.1. The largest absolute Gasteiger partial charge is 0.444 e. The summed E-state index contributed by atoms with van der Waals surface area (Å²) < 4.78 is 5.14. The Kier molecular flexibility index (Phi) is 8.44. The molecule has 1 heterocycles. The van der Waals surface area contributed by atoms with Crippen molar-refractivity contribution in [2.75, 3.05) is 26.7 Å². The van der Waals surface area contributed by atoms with Crippen LogP contribution in [-0.4, -0.2) is 60.3 Å². The number of carbonyl (C=O) groups excluding carboxylic acids is 2. The second-order valence-electron chi connectivity index (χ2n) is 7.24. The summed E-state index contributed by atoms with van der Waals surface area (Å²) in [4.78, 5) is 26.9. The van der Waals surface area contributed by atoms with E-state index in [0.717, 1.165) is 30.8 Å². The zero-order valence-electron chi connectivity index (χ0n) is 15.8. The van der Waals surface area contributed by atoms with Crippen LogP contribution in [0.1, 0.15) is 40.5 Å². The summed E-state index contributed by atoms with van der Waals surface area (Å²) in [5.74, 6) is -0.434. The van der Waals surface area contributed by atoms with Crippen molar-refractivity contribution < 1.29 is 14.3 Å². The van der Waals surface area contributed by atoms with Crippen LogP contribution < -0.4 is 10.6 Å². The van der Waals surface area contributed by atoms with Crippen LogP contribution in [0.3, 0.4) is 0 Å². The van der Waals surface area contributed by atoms with E-state index >= 15 is 0 Å². The SMILES string of the molecule is C[C@H](CNC(=O)OC(C)(C)C)NC(=O)C(=N)SC1=CCCCN(C)C1. The molecule has 8 heteroatoms. The minimum absolute atomic E-state index is 0.0364. The Hall–Kier alpha value is -1.54. The van der Waals surface area contributed by atoms with Crippen molar-refractivity contribution in [3.63, 3.8) is 0 Å². The molecule has 142 valence electrons. The summed E-state index contributed by atoms with van der Waals surface area (Å²) in [6.07, 6.45) is 3.64. The third-order valence-electron chi connectivity index (χ3n) is 3.31. The number of amides is 2. The number of nitrogens with one attached hydrogen (secondary N) is 3. The topological polar surface area (TPSA) is 94.5 Å². The number of alkyl carbamates (subject to hydrolysis) is 1. The minimum atomic E-state index is -0.561. The van der Waals surface area contributed by atoms with Crippen molar-refractivity contribution >= 4 is 28.8 Å². The average molecular weight is 371 g/mol. The summed E-state index contributed by atoms with van der Waals surface area (Å²) in [7, 11) is 2.04. The van der Waals surface area contributed by atoms with Crippen molar-refractivity contribution in [1.29, 1.82) is 5.41 Å². The van der Waals surface area contributed by atoms with E-state index in [0.29, 0.717) is 0 Å². The van der Waals surface area contributed by atoms with Gasteiger partial charge in [-0.3, -0.25) is 10.2 Å². The summed E-state index contributed by atoms with van der Waals surface area (Å²) in [6, 6.07) is -0.299. The van der Waals surface area contributed by atoms with E-state index in [1.807, 2.05) is 7.05 Å². The molecule has 0 radical (unpaired) electrons. The Morgan fingerprint density at radius 2 is 2.12 bits per heavy atom. The zero-order valence-corrected chi connectivity index (χ0v) is 16.6. The fourth-order valence-corrected chi connectivity index (χ4v) is 3.08. The lowest BCUT2D eigenvalue weighted by Gasteiger charge is -2.21. The van der Waals surface area contributed by atoms with Crippen LogP contribution in [0.25, 0.3) is 0 Å². The molecule has 3 N–H and O–H groups in total. The Morgan fingerprint density at radius 1 is 1.44 bits per heavy atom. The van der Waals surface area contributed by atoms with Crippen LogP contribution in [-0.2, 0) is 9.53 Å². The first-order valence-corrected chi connectivity index (χ1v) is 9.30. The third kappa shape index (κ3) is 9.50. The van der Waals surface area contributed by atoms with E-state index in [4.69, 9.17) is 10.1 Å². The molecule has 2 amide bonds. The number of rotatable bonds is 4. The average Bonchev–Trinajstić information content (AvgIpc) is 2.67. The number of ether oxygens (including phenoxy) is 1. The Balaban J connectivity index is 2.37. The highest BCUT2D eigenvalue weighted by atomic mass is 32.2. The van der Waals surface area contributed by atoms with Gasteiger partial charge in [-0.25, -0.2) is 4.79 Å². The van der Waals surface area contributed by atoms with Crippen LogP contribution in [0.15, 0.2) is 11.0 Å². The highest BCUT2D eigenvalue weighted by molar-refractivity contribution is 8.18. The van der Waals surface area contributed by atoms with Crippen LogP contribution in [0.5, 0.6) is 0 Å². The molecular weight excluding hydrogens is 340 g/mol. The van der Waals surface area contributed by atoms with Crippen molar-refractivity contribution in [3.05, 3.63) is 11.0 Å². The maximum Gasteiger partial charge on any atom is 0.407 e. The van der Waals surface area contributed by atoms with Crippen molar-refractivity contribution in [2.24, 2.45) is 0 Å². The van der Waals surface area contributed by atoms with Crippen LogP contribution in [0.4, 0.5) is 4.79 Å². The molecule has 0 aromatic carbocycles. The predicted molar refractivity (Wildman–Crippen MR) is 102 cm³/mol. The first kappa shape index (κ1) is 21.5. The number of nitrogens with zero attached hydrogens (tertiary/aromatic N) is 1. The minimum Gasteiger partial charge on any atom is -0.444 e. The standard InChI is InChI=1S/C17H30N4O3S/c1-12(10-19-16(23)24-17(2,3)4)20-15(22)14(18)25-13-8-6-7-9-21(5)11-13/h8,12,18H,6-7,9-11H2,1-5H3,(H,19,23)(H,20,22)/t12-/m1/s1. The quantitative estimate of drug-likeness (QED) is 0.521. The van der Waals surface area contributed by atoms with Gasteiger partial charge in [0.1, 0.15) is 5.60 Å². The fraction of sp³-hybridized carbons (Fsp3) is 0.706. The number of hydrogen-bond acceptors (Lipinski definition) is 6. The fourth-order valence-electron chi connectivity index (χ4n) is 2.18. The molecule has 1 aliphatic rings. The smallest absolute Gasteiger partial charge is 0.407 e. The number of carbonyl (C=O) groups is 2. The zero-order chi connectivity index (χ0) is 19.0. The number of thioether (sulfide) groups is 1. The molecule has 0 unspecified atom stereocenters. The lowest BCUT2D eigenvalue weighted by atomic mass is 10.2. The normalized spacial score (nSPS) is 17.1. The second-order valence-corrected chi connectivity index (χ2v) is 8.38. The first-order chi connectivity index (χ1) is 11.6. The molecule has 0 fully saturated rings. The van der Waals surface area contributed by atoms with Gasteiger partial charge in [-0.2, -0.15) is 0 Å². The van der Waals surface area contributed by atoms with Gasteiger partial charge in [0.25, 0.3) is 5.91 Å². The lowest BCUT2D eigenvalue weighted by Crippen LogP contribution is -2.44. The van der Waals surface area contributed by atoms with Gasteiger partial charge < -0.3 is 20.3 Å². The maximum atomic E-state index is 12.1. The summed E-state index contributed by atoms with van der Waals surface area (Å²) in [5.41, 5.74) is -0.561. The molecular formula is C17H30N4O3S. The molecule has 0 spiro atoms. The molecule has 7 nitrogen and oxygen atoms in total. The van der Waals surface area contributed by atoms with Gasteiger partial charge in [0.15, 0.2) is 5.04 Å². The molecule has 0 aromatic heterocycles. The number of likely N-dealkylation sites (N-methyl/N-ethyl adjacent to an activating group) is 1. The number of hydrogen-bond donors (Lipinski definition) is 3. The van der Waals surface area contributed by atoms with Crippen LogP contribution in [0, 0.1) is 5.41 Å². The lowest BCUT2D eigenvalue weighted by molar-refractivity contribution is -0.115. The molecule has 0 saturated heterocycles. The predicted octanol–water partition coefficient (Wildman–Crippen LogP) is 2.34. The molecule has 1 atom stereocenters. The summed E-state index contributed by atoms with van der Waals surface area (Å²) in [6.45, 7) is 9.15. The van der Waals surface area contributed by atoms with Crippen molar-refractivity contribution in [2.45, 2.75) is 52.2 Å². The van der Waals surface area contributed by atoms with E-state index in [-0.39, 0.29) is 17.6 Å². The Bertz CT molecular complexity index is 528. The van der Waals surface area contributed by atoms with Crippen molar-refractivity contribution in [1.82, 2.24) is 15.5 Å². The highest BCUT2D eigenvalue weighted by Crippen LogP contribution is 2.21. The number of allylic oxidation sites excluding steroid dienone is 1. The van der Waals surface area contributed by atoms with Crippen LogP contribution in [0.2, 0.25) is 0 Å². The summed E-state index contributed by atoms with van der Waals surface area (Å²) in [5, 5.41) is 13.3. The van der Waals surface area contributed by atoms with E-state index in [1.165, 1.54) is 11.8 Å². The molecule has 0 aromatic rings.